The summed E-state index contributed by atoms with van der Waals surface area (Å²) < 4.78 is 6.03. The monoisotopic (exact) mass is 275 g/mol. The number of fused-ring (bicyclic) bond motifs is 4. The third kappa shape index (κ3) is 1.43. The Morgan fingerprint density at radius 1 is 1.40 bits per heavy atom. The van der Waals surface area contributed by atoms with Crippen LogP contribution in [0.3, 0.4) is 0 Å². The molecule has 1 amide bonds. The molecule has 0 saturated carbocycles. The number of benzene rings is 1. The van der Waals surface area contributed by atoms with Crippen LogP contribution in [0.15, 0.2) is 24.3 Å². The van der Waals surface area contributed by atoms with E-state index in [4.69, 9.17) is 4.74 Å². The van der Waals surface area contributed by atoms with Crippen molar-refractivity contribution >= 4 is 11.9 Å². The standard InChI is InChI=1S/C15H17NO4/c1-8-11-9-6-4-5-7-10(9)20-15(8,2)16(3)13(17)12(11)14(18)19/h4-8,11-12H,1-3H3,(H,18,19)/t8-,11+,12+,15+/m0/s1. The number of carboxylic acid groups (broad SMARTS) is 1. The molecule has 1 N–H and O–H groups in total. The van der Waals surface area contributed by atoms with Crippen LogP contribution in [-0.4, -0.2) is 34.7 Å². The number of carboxylic acids is 1. The van der Waals surface area contributed by atoms with Crippen molar-refractivity contribution in [1.82, 2.24) is 4.90 Å². The van der Waals surface area contributed by atoms with E-state index in [1.165, 1.54) is 4.90 Å². The number of likely N-dealkylation sites (tertiary alicyclic amines) is 1. The maximum absolute atomic E-state index is 12.4. The van der Waals surface area contributed by atoms with E-state index >= 15 is 0 Å². The molecule has 5 heteroatoms. The van der Waals surface area contributed by atoms with Gasteiger partial charge in [-0.15, -0.1) is 0 Å². The summed E-state index contributed by atoms with van der Waals surface area (Å²) >= 11 is 0. The van der Waals surface area contributed by atoms with Gasteiger partial charge in [-0.1, -0.05) is 25.1 Å². The van der Waals surface area contributed by atoms with Gasteiger partial charge in [0.05, 0.1) is 0 Å². The number of carbonyl (C=O) groups is 2. The summed E-state index contributed by atoms with van der Waals surface area (Å²) in [5.41, 5.74) is 0.00789. The highest BCUT2D eigenvalue weighted by molar-refractivity contribution is 5.99. The van der Waals surface area contributed by atoms with Gasteiger partial charge in [0.25, 0.3) is 0 Å². The van der Waals surface area contributed by atoms with Crippen LogP contribution in [0.2, 0.25) is 0 Å². The quantitative estimate of drug-likeness (QED) is 0.792. The average molecular weight is 275 g/mol. The van der Waals surface area contributed by atoms with Crippen molar-refractivity contribution in [2.75, 3.05) is 7.05 Å². The lowest BCUT2D eigenvalue weighted by Crippen LogP contribution is -2.66. The van der Waals surface area contributed by atoms with Crippen LogP contribution in [0, 0.1) is 11.8 Å². The number of rotatable bonds is 1. The topological polar surface area (TPSA) is 66.8 Å². The van der Waals surface area contributed by atoms with Gasteiger partial charge in [-0.3, -0.25) is 9.59 Å². The number of carbonyl (C=O) groups excluding carboxylic acids is 1. The molecule has 2 aliphatic heterocycles. The summed E-state index contributed by atoms with van der Waals surface area (Å²) in [6.45, 7) is 3.79. The van der Waals surface area contributed by atoms with Gasteiger partial charge in [-0.05, 0) is 18.6 Å². The van der Waals surface area contributed by atoms with E-state index in [1.807, 2.05) is 38.1 Å². The summed E-state index contributed by atoms with van der Waals surface area (Å²) in [5.74, 6) is -2.29. The van der Waals surface area contributed by atoms with Crippen LogP contribution in [0.4, 0.5) is 0 Å². The molecule has 2 heterocycles. The molecule has 0 aromatic heterocycles. The number of hydrogen-bond donors (Lipinski definition) is 1. The van der Waals surface area contributed by atoms with Crippen molar-refractivity contribution in [2.45, 2.75) is 25.5 Å². The third-order valence-electron chi connectivity index (χ3n) is 4.87. The Hall–Kier alpha value is -2.04. The second kappa shape index (κ2) is 3.98. The van der Waals surface area contributed by atoms with E-state index in [1.54, 1.807) is 7.05 Å². The maximum atomic E-state index is 12.4. The lowest BCUT2D eigenvalue weighted by atomic mass is 9.67. The van der Waals surface area contributed by atoms with Gasteiger partial charge < -0.3 is 14.7 Å². The number of para-hydroxylation sites is 1. The van der Waals surface area contributed by atoms with Gasteiger partial charge in [-0.2, -0.15) is 0 Å². The highest BCUT2D eigenvalue weighted by Gasteiger charge is 2.59. The van der Waals surface area contributed by atoms with Crippen LogP contribution < -0.4 is 4.74 Å². The molecule has 2 aliphatic rings. The normalized spacial score (nSPS) is 35.2. The fraction of sp³-hybridized carbons (Fsp3) is 0.467. The van der Waals surface area contributed by atoms with Gasteiger partial charge >= 0.3 is 5.97 Å². The fourth-order valence-electron chi connectivity index (χ4n) is 3.45. The molecule has 0 aliphatic carbocycles. The average Bonchev–Trinajstić information content (AvgIpc) is 2.40. The number of ether oxygens (including phenoxy) is 1. The highest BCUT2D eigenvalue weighted by Crippen LogP contribution is 2.52. The lowest BCUT2D eigenvalue weighted by Gasteiger charge is -2.55. The molecule has 106 valence electrons. The number of nitrogens with zero attached hydrogens (tertiary/aromatic N) is 1. The molecule has 4 atom stereocenters. The van der Waals surface area contributed by atoms with Gasteiger partial charge in [0.15, 0.2) is 5.72 Å². The zero-order valence-electron chi connectivity index (χ0n) is 11.7. The largest absolute Gasteiger partial charge is 0.481 e. The molecule has 5 nitrogen and oxygen atoms in total. The fourth-order valence-corrected chi connectivity index (χ4v) is 3.45. The van der Waals surface area contributed by atoms with E-state index in [0.29, 0.717) is 5.75 Å². The SMILES string of the molecule is C[C@H]1[C@@H]2c3ccccc3O[C@@]1(C)N(C)C(=O)[C@@H]2C(=O)O. The van der Waals surface area contributed by atoms with Crippen LogP contribution in [0.1, 0.15) is 25.3 Å². The number of piperidine rings is 1. The zero-order chi connectivity index (χ0) is 14.7. The van der Waals surface area contributed by atoms with E-state index < -0.39 is 23.5 Å². The Balaban J connectivity index is 2.24. The van der Waals surface area contributed by atoms with E-state index in [2.05, 4.69) is 0 Å². The molecule has 0 radical (unpaired) electrons. The van der Waals surface area contributed by atoms with Gasteiger partial charge in [0.2, 0.25) is 5.91 Å². The maximum Gasteiger partial charge on any atom is 0.316 e. The highest BCUT2D eigenvalue weighted by atomic mass is 16.5. The molecule has 2 bridgehead atoms. The van der Waals surface area contributed by atoms with Crippen molar-refractivity contribution in [3.8, 4) is 5.75 Å². The minimum Gasteiger partial charge on any atom is -0.481 e. The molecule has 20 heavy (non-hydrogen) atoms. The Labute approximate surface area is 117 Å². The molecule has 1 aromatic rings. The van der Waals surface area contributed by atoms with Gasteiger partial charge in [0.1, 0.15) is 11.7 Å². The Bertz CT molecular complexity index is 599. The predicted octanol–water partition coefficient (Wildman–Crippen LogP) is 1.69. The van der Waals surface area contributed by atoms with E-state index in [0.717, 1.165) is 5.56 Å². The molecule has 1 fully saturated rings. The van der Waals surface area contributed by atoms with Crippen molar-refractivity contribution in [1.29, 1.82) is 0 Å². The summed E-state index contributed by atoms with van der Waals surface area (Å²) in [7, 11) is 1.61. The molecule has 0 unspecified atom stereocenters. The van der Waals surface area contributed by atoms with Crippen LogP contribution in [0.25, 0.3) is 0 Å². The summed E-state index contributed by atoms with van der Waals surface area (Å²) in [6, 6.07) is 7.38. The second-order valence-corrected chi connectivity index (χ2v) is 5.72. The lowest BCUT2D eigenvalue weighted by molar-refractivity contribution is -0.188. The molecular weight excluding hydrogens is 258 g/mol. The van der Waals surface area contributed by atoms with E-state index in [9.17, 15) is 14.7 Å². The summed E-state index contributed by atoms with van der Waals surface area (Å²) in [6.07, 6.45) is 0. The smallest absolute Gasteiger partial charge is 0.316 e. The van der Waals surface area contributed by atoms with Crippen molar-refractivity contribution < 1.29 is 19.4 Å². The first-order valence-electron chi connectivity index (χ1n) is 6.66. The van der Waals surface area contributed by atoms with Gasteiger partial charge in [0, 0.05) is 18.9 Å². The van der Waals surface area contributed by atoms with E-state index in [-0.39, 0.29) is 11.8 Å². The molecule has 0 spiro atoms. The van der Waals surface area contributed by atoms with Crippen molar-refractivity contribution in [2.24, 2.45) is 11.8 Å². The minimum absolute atomic E-state index is 0.0961. The molecule has 1 saturated heterocycles. The Kier molecular flexibility index (Phi) is 2.58. The second-order valence-electron chi connectivity index (χ2n) is 5.72. The van der Waals surface area contributed by atoms with Crippen LogP contribution in [0.5, 0.6) is 5.75 Å². The predicted molar refractivity (Wildman–Crippen MR) is 71.3 cm³/mol. The van der Waals surface area contributed by atoms with Crippen LogP contribution in [-0.2, 0) is 9.59 Å². The first kappa shape index (κ1) is 13.0. The Morgan fingerprint density at radius 2 is 2.05 bits per heavy atom. The Morgan fingerprint density at radius 3 is 2.70 bits per heavy atom. The number of amides is 1. The first-order valence-corrected chi connectivity index (χ1v) is 6.66. The zero-order valence-corrected chi connectivity index (χ0v) is 11.7. The van der Waals surface area contributed by atoms with Crippen molar-refractivity contribution in [3.63, 3.8) is 0 Å². The molecule has 3 rings (SSSR count). The molecule has 1 aromatic carbocycles. The molecular formula is C15H17NO4. The third-order valence-corrected chi connectivity index (χ3v) is 4.87. The number of aliphatic carboxylic acids is 1. The number of hydrogen-bond acceptors (Lipinski definition) is 3. The summed E-state index contributed by atoms with van der Waals surface area (Å²) in [4.78, 5) is 25.4. The van der Waals surface area contributed by atoms with Crippen LogP contribution >= 0.6 is 0 Å². The minimum atomic E-state index is -1.07. The van der Waals surface area contributed by atoms with Gasteiger partial charge in [-0.25, -0.2) is 0 Å². The van der Waals surface area contributed by atoms with Crippen molar-refractivity contribution in [3.05, 3.63) is 29.8 Å². The first-order chi connectivity index (χ1) is 9.38. The summed E-state index contributed by atoms with van der Waals surface area (Å²) in [5, 5.41) is 9.48.